The fraction of sp³-hybridized carbons (Fsp3) is 0.595. The predicted molar refractivity (Wildman–Crippen MR) is 204 cm³/mol. The molecule has 14 nitrogen and oxygen atoms in total. The van der Waals surface area contributed by atoms with E-state index < -0.39 is 22.7 Å². The van der Waals surface area contributed by atoms with Gasteiger partial charge in [-0.2, -0.15) is 5.26 Å². The molecule has 2 rings (SSSR count). The molecule has 0 saturated heterocycles. The molecule has 0 unspecified atom stereocenters. The van der Waals surface area contributed by atoms with E-state index in [2.05, 4.69) is 34.6 Å². The van der Waals surface area contributed by atoms with E-state index in [-0.39, 0.29) is 72.8 Å². The van der Waals surface area contributed by atoms with Crippen molar-refractivity contribution in [1.29, 1.82) is 5.26 Å². The molecule has 0 aromatic heterocycles. The lowest BCUT2D eigenvalue weighted by Gasteiger charge is -2.38. The van der Waals surface area contributed by atoms with E-state index in [1.807, 2.05) is 73.4 Å². The summed E-state index contributed by atoms with van der Waals surface area (Å²) in [6.45, 7) is 26.3. The van der Waals surface area contributed by atoms with Crippen LogP contribution in [0.2, 0.25) is 0 Å². The number of ether oxygens (including phenoxy) is 1. The summed E-state index contributed by atoms with van der Waals surface area (Å²) in [4.78, 5) is 58.5. The maximum Gasteiger partial charge on any atom is 0.320 e. The normalized spacial score (nSPS) is 12.1. The zero-order valence-corrected chi connectivity index (χ0v) is 33.5. The van der Waals surface area contributed by atoms with Crippen molar-refractivity contribution in [2.45, 2.75) is 93.2 Å². The third-order valence-corrected chi connectivity index (χ3v) is 7.02. The van der Waals surface area contributed by atoms with Crippen molar-refractivity contribution >= 4 is 49.1 Å². The Morgan fingerprint density at radius 2 is 1.66 bits per heavy atom. The van der Waals surface area contributed by atoms with Crippen LogP contribution in [0.3, 0.4) is 0 Å². The number of benzene rings is 1. The summed E-state index contributed by atoms with van der Waals surface area (Å²) in [6.07, 6.45) is 2.90. The minimum Gasteiger partial charge on any atom is -0.483 e. The second-order valence-corrected chi connectivity index (χ2v) is 14.6. The van der Waals surface area contributed by atoms with Crippen molar-refractivity contribution in [2.75, 3.05) is 51.9 Å². The highest BCUT2D eigenvalue weighted by Gasteiger charge is 2.31. The van der Waals surface area contributed by atoms with Crippen LogP contribution in [0.15, 0.2) is 22.7 Å². The van der Waals surface area contributed by atoms with E-state index >= 15 is 0 Å². The van der Waals surface area contributed by atoms with Crippen LogP contribution in [-0.4, -0.2) is 106 Å². The summed E-state index contributed by atoms with van der Waals surface area (Å²) < 4.78 is 34.2. The van der Waals surface area contributed by atoms with Gasteiger partial charge in [0.05, 0.1) is 24.4 Å². The number of amides is 2. The molecule has 0 radical (unpaired) electrons. The van der Waals surface area contributed by atoms with Crippen LogP contribution in [0.4, 0.5) is 20.2 Å². The second kappa shape index (κ2) is 26.1. The van der Waals surface area contributed by atoms with Gasteiger partial charge in [0.1, 0.15) is 30.8 Å². The Balaban J connectivity index is -0.000000799. The van der Waals surface area contributed by atoms with E-state index in [0.29, 0.717) is 12.1 Å². The molecule has 1 aromatic rings. The standard InChI is InChI=1S/C19H26F2N4O.C13H22N2O3.C3H9N.CH2O2.CH2O/c1-18(2,3)9-14(26)24-11-25(19(4,5)6)17-15(21)12(10-22)8-13(20)16(17)23-7;1-13(2,3)15(4)8-11(16)18-9-10-6-5-7-14-12(10)17;1-3-4-2;2-1-3;1-2/h8H,7,9,11H2,1-6H3,(H,24,26);6H,5,7-9H2,1-4H3,(H,14,17);4H,3H2,1-2H3;1H,(H,2,3);1H2. The Labute approximate surface area is 314 Å². The smallest absolute Gasteiger partial charge is 0.320 e. The second-order valence-electron chi connectivity index (χ2n) is 14.6. The minimum atomic E-state index is -0.892. The van der Waals surface area contributed by atoms with E-state index in [4.69, 9.17) is 24.7 Å². The molecular weight excluding hydrogens is 692 g/mol. The van der Waals surface area contributed by atoms with Crippen LogP contribution in [0.25, 0.3) is 0 Å². The number of anilines is 1. The Kier molecular flexibility index (Phi) is 25.9. The number of nitrogens with zero attached hydrogens (tertiary/aromatic N) is 4. The van der Waals surface area contributed by atoms with Gasteiger partial charge in [-0.05, 0) is 86.8 Å². The summed E-state index contributed by atoms with van der Waals surface area (Å²) in [7, 11) is 3.80. The van der Waals surface area contributed by atoms with Gasteiger partial charge in [0.2, 0.25) is 11.8 Å². The Bertz CT molecular complexity index is 1390. The number of hydrogen-bond acceptors (Lipinski definition) is 11. The van der Waals surface area contributed by atoms with Gasteiger partial charge in [0.25, 0.3) is 6.47 Å². The van der Waals surface area contributed by atoms with E-state index in [1.54, 1.807) is 26.8 Å². The predicted octanol–water partition coefficient (Wildman–Crippen LogP) is 4.73. The topological polar surface area (TPSA) is 194 Å². The molecule has 0 fully saturated rings. The molecular formula is C37H61F2N7O7. The van der Waals surface area contributed by atoms with Crippen LogP contribution < -0.4 is 20.9 Å². The van der Waals surface area contributed by atoms with Crippen LogP contribution in [0.1, 0.15) is 87.6 Å². The summed E-state index contributed by atoms with van der Waals surface area (Å²) >= 11 is 0. The van der Waals surface area contributed by atoms with Crippen LogP contribution >= 0.6 is 0 Å². The fourth-order valence-corrected chi connectivity index (χ4v) is 3.84. The molecule has 1 heterocycles. The Morgan fingerprint density at radius 3 is 2.06 bits per heavy atom. The SMILES string of the molecule is C=Nc1c(F)cc(C#N)c(F)c1N(CNC(=O)CC(C)(C)C)C(C)(C)C.C=O.CCNC.CN(CC(=O)OCC1=CCCNC1=O)C(C)(C)C.O=CO. The quantitative estimate of drug-likeness (QED) is 0.112. The monoisotopic (exact) mass is 753 g/mol. The lowest BCUT2D eigenvalue weighted by molar-refractivity contribution is -0.145. The maximum atomic E-state index is 14.8. The molecule has 0 bridgehead atoms. The molecule has 1 aromatic carbocycles. The third kappa shape index (κ3) is 22.0. The number of hydrogen-bond donors (Lipinski definition) is 4. The molecule has 1 aliphatic rings. The van der Waals surface area contributed by atoms with Gasteiger partial charge >= 0.3 is 5.97 Å². The third-order valence-electron chi connectivity index (χ3n) is 7.02. The zero-order valence-electron chi connectivity index (χ0n) is 33.5. The van der Waals surface area contributed by atoms with Gasteiger partial charge in [0, 0.05) is 24.0 Å². The molecule has 0 saturated carbocycles. The zero-order chi connectivity index (χ0) is 42.2. The molecule has 4 N–H and O–H groups in total. The largest absolute Gasteiger partial charge is 0.483 e. The Hall–Kier alpha value is -4.75. The van der Waals surface area contributed by atoms with Crippen LogP contribution in [0, 0.1) is 28.4 Å². The number of nitriles is 1. The summed E-state index contributed by atoms with van der Waals surface area (Å²) in [5, 5.41) is 24.3. The van der Waals surface area contributed by atoms with Gasteiger partial charge in [-0.15, -0.1) is 0 Å². The molecule has 53 heavy (non-hydrogen) atoms. The van der Waals surface area contributed by atoms with Gasteiger partial charge < -0.3 is 35.5 Å². The molecule has 0 spiro atoms. The molecule has 16 heteroatoms. The number of nitrogens with one attached hydrogen (secondary N) is 3. The average molecular weight is 754 g/mol. The number of carbonyl (C=O) groups is 5. The van der Waals surface area contributed by atoms with Crippen molar-refractivity contribution in [3.05, 3.63) is 34.9 Å². The number of halogens is 2. The van der Waals surface area contributed by atoms with Crippen molar-refractivity contribution < 1.29 is 42.6 Å². The molecule has 300 valence electrons. The first kappa shape index (κ1) is 52.6. The van der Waals surface area contributed by atoms with E-state index in [1.165, 1.54) is 4.90 Å². The van der Waals surface area contributed by atoms with Crippen molar-refractivity contribution in [3.63, 3.8) is 0 Å². The van der Waals surface area contributed by atoms with Crippen molar-refractivity contribution in [3.8, 4) is 6.07 Å². The number of esters is 1. The molecule has 0 aliphatic carbocycles. The highest BCUT2D eigenvalue weighted by molar-refractivity contribution is 5.94. The lowest BCUT2D eigenvalue weighted by Crippen LogP contribution is -2.49. The van der Waals surface area contributed by atoms with Crippen LogP contribution in [-0.2, 0) is 28.7 Å². The van der Waals surface area contributed by atoms with Gasteiger partial charge in [-0.1, -0.05) is 33.8 Å². The molecule has 1 aliphatic heterocycles. The summed E-state index contributed by atoms with van der Waals surface area (Å²) in [5.41, 5.74) is -1.35. The van der Waals surface area contributed by atoms with E-state index in [0.717, 1.165) is 19.0 Å². The number of likely N-dealkylation sites (N-methyl/N-ethyl adjacent to an activating group) is 1. The Morgan fingerprint density at radius 1 is 1.13 bits per heavy atom. The van der Waals surface area contributed by atoms with Crippen molar-refractivity contribution in [2.24, 2.45) is 10.4 Å². The van der Waals surface area contributed by atoms with Gasteiger partial charge in [0.15, 0.2) is 11.6 Å². The summed E-state index contributed by atoms with van der Waals surface area (Å²) in [5.74, 6) is -2.40. The average Bonchev–Trinajstić information content (AvgIpc) is 3.05. The number of carboxylic acid groups (broad SMARTS) is 1. The minimum absolute atomic E-state index is 0.0582. The number of aliphatic imine (C=N–C) groups is 1. The van der Waals surface area contributed by atoms with Crippen molar-refractivity contribution in [1.82, 2.24) is 20.9 Å². The first-order chi connectivity index (χ1) is 24.4. The first-order valence-corrected chi connectivity index (χ1v) is 16.7. The molecule has 2 amide bonds. The highest BCUT2D eigenvalue weighted by Crippen LogP contribution is 2.39. The molecule has 0 atom stereocenters. The van der Waals surface area contributed by atoms with E-state index in [9.17, 15) is 23.2 Å². The highest BCUT2D eigenvalue weighted by atomic mass is 19.1. The number of carbonyl (C=O) groups excluding carboxylic acids is 4. The first-order valence-electron chi connectivity index (χ1n) is 16.7. The maximum absolute atomic E-state index is 14.8. The lowest BCUT2D eigenvalue weighted by atomic mass is 9.92. The van der Waals surface area contributed by atoms with Crippen LogP contribution in [0.5, 0.6) is 0 Å². The summed E-state index contributed by atoms with van der Waals surface area (Å²) in [6, 6.07) is 2.43. The fourth-order valence-electron chi connectivity index (χ4n) is 3.84. The van der Waals surface area contributed by atoms with Gasteiger partial charge in [-0.25, -0.2) is 8.78 Å². The van der Waals surface area contributed by atoms with Gasteiger partial charge in [-0.3, -0.25) is 29.1 Å². The number of rotatable bonds is 10.